The fourth-order valence-corrected chi connectivity index (χ4v) is 7.79. The number of carbonyl (C=O) groups excluding carboxylic acids is 2. The highest BCUT2D eigenvalue weighted by atomic mass is 16.5. The summed E-state index contributed by atoms with van der Waals surface area (Å²) in [5.41, 5.74) is -3.26. The van der Waals surface area contributed by atoms with Gasteiger partial charge in [-0.15, -0.1) is 0 Å². The van der Waals surface area contributed by atoms with Crippen molar-refractivity contribution >= 4 is 23.9 Å². The second-order valence-corrected chi connectivity index (χ2v) is 12.2. The van der Waals surface area contributed by atoms with E-state index in [0.717, 1.165) is 0 Å². The van der Waals surface area contributed by atoms with Gasteiger partial charge in [0.05, 0.1) is 43.8 Å². The number of carboxylic acid groups (broad SMARTS) is 2. The Morgan fingerprint density at radius 2 is 1.12 bits per heavy atom. The number of hydrogen-bond acceptors (Lipinski definition) is 13. The Kier molecular flexibility index (Phi) is 9.38. The third-order valence-electron chi connectivity index (χ3n) is 9.59. The quantitative estimate of drug-likeness (QED) is 0.205. The lowest BCUT2D eigenvalue weighted by molar-refractivity contribution is -0.255. The molecule has 4 unspecified atom stereocenters. The Labute approximate surface area is 286 Å². The number of methoxy groups -OCH3 is 2. The molecule has 15 nitrogen and oxygen atoms in total. The zero-order chi connectivity index (χ0) is 35.6. The van der Waals surface area contributed by atoms with Gasteiger partial charge in [0.25, 0.3) is 0 Å². The Morgan fingerprint density at radius 1 is 0.680 bits per heavy atom. The van der Waals surface area contributed by atoms with Crippen molar-refractivity contribution in [3.8, 4) is 0 Å². The molecular formula is C35H34N6O9. The number of aromatic nitrogens is 4. The summed E-state index contributed by atoms with van der Waals surface area (Å²) in [6.07, 6.45) is 3.96. The van der Waals surface area contributed by atoms with Gasteiger partial charge in [0.1, 0.15) is 10.8 Å². The molecule has 2 aliphatic heterocycles. The second-order valence-electron chi connectivity index (χ2n) is 12.2. The van der Waals surface area contributed by atoms with E-state index in [1.54, 1.807) is 70.5 Å². The third kappa shape index (κ3) is 5.54. The van der Waals surface area contributed by atoms with Crippen molar-refractivity contribution in [3.05, 3.63) is 119 Å². The van der Waals surface area contributed by atoms with Gasteiger partial charge in [-0.1, -0.05) is 24.3 Å². The zero-order valence-corrected chi connectivity index (χ0v) is 27.1. The molecule has 0 saturated carbocycles. The minimum atomic E-state index is -1.99. The summed E-state index contributed by atoms with van der Waals surface area (Å²) in [6, 6.07) is 14.1. The highest BCUT2D eigenvalue weighted by molar-refractivity contribution is 5.88. The van der Waals surface area contributed by atoms with Crippen LogP contribution in [0.25, 0.3) is 0 Å². The number of carbonyl (C=O) groups is 4. The van der Waals surface area contributed by atoms with Crippen LogP contribution in [-0.2, 0) is 32.2 Å². The van der Waals surface area contributed by atoms with E-state index in [1.807, 2.05) is 0 Å². The number of esters is 2. The van der Waals surface area contributed by atoms with Gasteiger partial charge < -0.3 is 24.8 Å². The molecule has 3 N–H and O–H groups in total. The fraction of sp³-hybridized carbons (Fsp3) is 0.314. The molecule has 0 aromatic carbocycles. The first-order valence-corrected chi connectivity index (χ1v) is 15.6. The van der Waals surface area contributed by atoms with Gasteiger partial charge in [0.15, 0.2) is 11.4 Å². The number of carboxylic acids is 2. The zero-order valence-electron chi connectivity index (χ0n) is 27.1. The van der Waals surface area contributed by atoms with Gasteiger partial charge in [-0.25, -0.2) is 19.6 Å². The standard InChI is InChI=1S/C35H34N6O9/c1-49-32(47)34-19-40(17-21-9-7-15-38-25(21)29(42)43)20-35(31(34)46,33(48)50-2)28(24-12-4-6-14-37-24)41(27(34)23-11-3-5-13-36-23)18-22-10-8-16-39-26(22)30(44)45/h3-16,27-28,31,46H,17-20H2,1-2H3,(H,42,43)(H,44,45). The van der Waals surface area contributed by atoms with E-state index >= 15 is 0 Å². The van der Waals surface area contributed by atoms with Crippen molar-refractivity contribution in [2.45, 2.75) is 31.3 Å². The van der Waals surface area contributed by atoms with Crippen LogP contribution in [0.4, 0.5) is 0 Å². The van der Waals surface area contributed by atoms with Crippen LogP contribution in [0.15, 0.2) is 85.5 Å². The number of aliphatic hydroxyl groups excluding tert-OH is 1. The second kappa shape index (κ2) is 13.7. The monoisotopic (exact) mass is 682 g/mol. The molecular weight excluding hydrogens is 648 g/mol. The van der Waals surface area contributed by atoms with E-state index in [2.05, 4.69) is 19.9 Å². The molecule has 4 aromatic rings. The van der Waals surface area contributed by atoms with Crippen molar-refractivity contribution in [2.75, 3.05) is 27.3 Å². The molecule has 2 saturated heterocycles. The lowest BCUT2D eigenvalue weighted by Gasteiger charge is -2.65. The van der Waals surface area contributed by atoms with E-state index in [0.29, 0.717) is 17.0 Å². The highest BCUT2D eigenvalue weighted by Crippen LogP contribution is 2.63. The number of ether oxygens (including phenoxy) is 2. The Hall–Kier alpha value is -5.64. The predicted molar refractivity (Wildman–Crippen MR) is 172 cm³/mol. The largest absolute Gasteiger partial charge is 0.477 e. The molecule has 6 rings (SSSR count). The van der Waals surface area contributed by atoms with Gasteiger partial charge in [-0.05, 0) is 47.5 Å². The molecule has 0 aliphatic carbocycles. The SMILES string of the molecule is COC(=O)C12CN(Cc3cccnc3C(=O)O)CC(C(=O)OC)(C(c3ccccn3)N(Cc3cccnc3C(=O)O)C1c1ccccn1)C2O. The minimum Gasteiger partial charge on any atom is -0.477 e. The smallest absolute Gasteiger partial charge is 0.354 e. The van der Waals surface area contributed by atoms with Gasteiger partial charge in [-0.3, -0.25) is 29.4 Å². The summed E-state index contributed by atoms with van der Waals surface area (Å²) in [4.78, 5) is 74.4. The van der Waals surface area contributed by atoms with Crippen molar-refractivity contribution in [2.24, 2.45) is 10.8 Å². The van der Waals surface area contributed by atoms with Gasteiger partial charge in [-0.2, -0.15) is 0 Å². The Balaban J connectivity index is 1.68. The number of hydrogen-bond donors (Lipinski definition) is 3. The van der Waals surface area contributed by atoms with Crippen molar-refractivity contribution in [1.29, 1.82) is 0 Å². The average Bonchev–Trinajstić information content (AvgIpc) is 3.13. The summed E-state index contributed by atoms with van der Waals surface area (Å²) in [7, 11) is 2.33. The van der Waals surface area contributed by atoms with Gasteiger partial charge in [0, 0.05) is 51.0 Å². The molecule has 0 radical (unpaired) electrons. The van der Waals surface area contributed by atoms with E-state index in [-0.39, 0.29) is 43.1 Å². The number of pyridine rings is 4. The first-order valence-electron chi connectivity index (χ1n) is 15.6. The van der Waals surface area contributed by atoms with Crippen LogP contribution in [0.2, 0.25) is 0 Å². The predicted octanol–water partition coefficient (Wildman–Crippen LogP) is 2.16. The Bertz CT molecular complexity index is 1840. The summed E-state index contributed by atoms with van der Waals surface area (Å²) in [5, 5.41) is 32.8. The summed E-state index contributed by atoms with van der Waals surface area (Å²) >= 11 is 0. The molecule has 2 aliphatic rings. The van der Waals surface area contributed by atoms with E-state index in [9.17, 15) is 34.5 Å². The first-order chi connectivity index (χ1) is 24.1. The lowest BCUT2D eigenvalue weighted by Crippen LogP contribution is -2.77. The molecule has 0 amide bonds. The first kappa shape index (κ1) is 34.2. The molecule has 6 heterocycles. The van der Waals surface area contributed by atoms with Crippen LogP contribution in [-0.4, -0.2) is 102 Å². The number of fused-ring (bicyclic) bond motifs is 2. The van der Waals surface area contributed by atoms with Crippen molar-refractivity contribution in [1.82, 2.24) is 29.7 Å². The number of likely N-dealkylation sites (tertiary alicyclic amines) is 2. The normalized spacial score (nSPS) is 25.0. The van der Waals surface area contributed by atoms with Gasteiger partial charge >= 0.3 is 23.9 Å². The van der Waals surface area contributed by atoms with Crippen LogP contribution < -0.4 is 0 Å². The van der Waals surface area contributed by atoms with Crippen LogP contribution in [0.1, 0.15) is 55.6 Å². The number of rotatable bonds is 10. The fourth-order valence-electron chi connectivity index (χ4n) is 7.79. The topological polar surface area (TPSA) is 205 Å². The number of aromatic carboxylic acids is 2. The maximum absolute atomic E-state index is 14.5. The summed E-state index contributed by atoms with van der Waals surface area (Å²) in [5.74, 6) is -4.31. The average molecular weight is 683 g/mol. The van der Waals surface area contributed by atoms with Crippen molar-refractivity contribution in [3.63, 3.8) is 0 Å². The third-order valence-corrected chi connectivity index (χ3v) is 9.59. The molecule has 258 valence electrons. The molecule has 0 spiro atoms. The molecule has 2 bridgehead atoms. The van der Waals surface area contributed by atoms with Crippen LogP contribution in [0.5, 0.6) is 0 Å². The maximum Gasteiger partial charge on any atom is 0.354 e. The van der Waals surface area contributed by atoms with Gasteiger partial charge in [0.2, 0.25) is 0 Å². The number of piperidine rings is 2. The van der Waals surface area contributed by atoms with Crippen LogP contribution in [0.3, 0.4) is 0 Å². The van der Waals surface area contributed by atoms with Crippen LogP contribution in [0, 0.1) is 10.8 Å². The molecule has 50 heavy (non-hydrogen) atoms. The van der Waals surface area contributed by atoms with E-state index in [1.165, 1.54) is 39.0 Å². The summed E-state index contributed by atoms with van der Waals surface area (Å²) < 4.78 is 10.9. The summed E-state index contributed by atoms with van der Waals surface area (Å²) in [6.45, 7) is -0.749. The number of aliphatic hydroxyl groups is 1. The van der Waals surface area contributed by atoms with E-state index < -0.39 is 52.9 Å². The minimum absolute atomic E-state index is 0.0880. The van der Waals surface area contributed by atoms with Crippen LogP contribution >= 0.6 is 0 Å². The molecule has 4 aromatic heterocycles. The molecule has 15 heteroatoms. The maximum atomic E-state index is 14.5. The number of nitrogens with zero attached hydrogens (tertiary/aromatic N) is 6. The molecule has 2 fully saturated rings. The Morgan fingerprint density at radius 3 is 1.52 bits per heavy atom. The highest BCUT2D eigenvalue weighted by Gasteiger charge is 2.75. The molecule has 4 atom stereocenters. The lowest BCUT2D eigenvalue weighted by atomic mass is 9.53. The van der Waals surface area contributed by atoms with E-state index in [4.69, 9.17) is 9.47 Å². The van der Waals surface area contributed by atoms with Crippen molar-refractivity contribution < 1.29 is 44.0 Å².